The van der Waals surface area contributed by atoms with Crippen LogP contribution in [0.1, 0.15) is 94.6 Å². The van der Waals surface area contributed by atoms with Gasteiger partial charge in [0, 0.05) is 0 Å². The average molecular weight is 561 g/mol. The smallest absolute Gasteiger partial charge is 0.429 e. The number of ether oxygens (including phenoxy) is 2. The van der Waals surface area contributed by atoms with Crippen LogP contribution >= 0.6 is 0 Å². The van der Waals surface area contributed by atoms with Crippen LogP contribution in [0.2, 0.25) is 0 Å². The van der Waals surface area contributed by atoms with E-state index < -0.39 is 35.4 Å². The predicted octanol–water partition coefficient (Wildman–Crippen LogP) is 10.3. The van der Waals surface area contributed by atoms with Crippen molar-refractivity contribution in [2.45, 2.75) is 95.9 Å². The first-order valence-electron chi connectivity index (χ1n) is 13.9. The minimum Gasteiger partial charge on any atom is -0.429 e. The van der Waals surface area contributed by atoms with Gasteiger partial charge in [-0.2, -0.15) is 8.78 Å². The zero-order valence-electron chi connectivity index (χ0n) is 22.0. The average Bonchev–Trinajstić information content (AvgIpc) is 2.90. The van der Waals surface area contributed by atoms with Crippen LogP contribution in [0.4, 0.5) is 30.7 Å². The third-order valence-electron chi connectivity index (χ3n) is 8.52. The van der Waals surface area contributed by atoms with E-state index in [2.05, 4.69) is 16.4 Å². The van der Waals surface area contributed by atoms with Gasteiger partial charge in [-0.15, -0.1) is 13.2 Å². The Hall–Kier alpha value is -2.45. The first-order valence-corrected chi connectivity index (χ1v) is 13.9. The van der Waals surface area contributed by atoms with Crippen LogP contribution in [0.25, 0.3) is 0 Å². The molecule has 2 aromatic carbocycles. The summed E-state index contributed by atoms with van der Waals surface area (Å²) in [5, 5.41) is 0. The molecular formula is C30H35F7O2. The van der Waals surface area contributed by atoms with E-state index in [1.807, 2.05) is 0 Å². The number of alkyl halides is 5. The third-order valence-corrected chi connectivity index (χ3v) is 8.52. The van der Waals surface area contributed by atoms with Gasteiger partial charge in [0.15, 0.2) is 11.6 Å². The minimum absolute atomic E-state index is 0.0627. The summed E-state index contributed by atoms with van der Waals surface area (Å²) in [6.07, 6.45) is 4.17. The Morgan fingerprint density at radius 1 is 0.692 bits per heavy atom. The van der Waals surface area contributed by atoms with Crippen LogP contribution < -0.4 is 9.47 Å². The zero-order chi connectivity index (χ0) is 28.2. The monoisotopic (exact) mass is 560 g/mol. The summed E-state index contributed by atoms with van der Waals surface area (Å²) in [6, 6.07) is 6.29. The second-order valence-corrected chi connectivity index (χ2v) is 11.1. The summed E-state index contributed by atoms with van der Waals surface area (Å²) in [5.74, 6) is -3.01. The topological polar surface area (TPSA) is 18.5 Å². The molecule has 0 radical (unpaired) electrons. The van der Waals surface area contributed by atoms with E-state index in [-0.39, 0.29) is 17.9 Å². The predicted molar refractivity (Wildman–Crippen MR) is 134 cm³/mol. The molecule has 2 aromatic rings. The first kappa shape index (κ1) is 29.5. The van der Waals surface area contributed by atoms with Gasteiger partial charge < -0.3 is 9.47 Å². The van der Waals surface area contributed by atoms with Crippen molar-refractivity contribution >= 4 is 0 Å². The lowest BCUT2D eigenvalue weighted by Crippen LogP contribution is -2.24. The number of hydrogen-bond acceptors (Lipinski definition) is 2. The first-order chi connectivity index (χ1) is 18.4. The molecule has 0 amide bonds. The van der Waals surface area contributed by atoms with Crippen molar-refractivity contribution in [1.29, 1.82) is 0 Å². The number of rotatable bonds is 9. The molecule has 0 saturated heterocycles. The standard InChI is InChI=1S/C30H35F7O2/c1-2-19-3-5-20(6-4-19)7-8-21-9-11-22(12-10-21)23-13-15-25(16-14-23)38-29(33,34)24-17-26(31)28(27(32)18-24)39-30(35,36)37/h13-22H,2-12H2,1H3. The Bertz CT molecular complexity index is 1040. The second kappa shape index (κ2) is 12.4. The minimum atomic E-state index is -5.38. The van der Waals surface area contributed by atoms with Crippen molar-refractivity contribution in [2.24, 2.45) is 17.8 Å². The summed E-state index contributed by atoms with van der Waals surface area (Å²) in [4.78, 5) is 0. The molecule has 2 fully saturated rings. The maximum atomic E-state index is 14.6. The van der Waals surface area contributed by atoms with E-state index in [0.29, 0.717) is 5.92 Å². The fraction of sp³-hybridized carbons (Fsp3) is 0.600. The van der Waals surface area contributed by atoms with Crippen molar-refractivity contribution in [3.8, 4) is 11.5 Å². The van der Waals surface area contributed by atoms with Gasteiger partial charge in [-0.3, -0.25) is 0 Å². The Kier molecular flexibility index (Phi) is 9.37. The fourth-order valence-corrected chi connectivity index (χ4v) is 6.14. The molecular weight excluding hydrogens is 525 g/mol. The maximum absolute atomic E-state index is 14.6. The largest absolute Gasteiger partial charge is 0.573 e. The van der Waals surface area contributed by atoms with Crippen molar-refractivity contribution in [3.05, 3.63) is 59.2 Å². The number of halogens is 7. The molecule has 39 heavy (non-hydrogen) atoms. The molecule has 0 bridgehead atoms. The summed E-state index contributed by atoms with van der Waals surface area (Å²) in [7, 11) is 0. The van der Waals surface area contributed by atoms with E-state index in [9.17, 15) is 30.7 Å². The summed E-state index contributed by atoms with van der Waals surface area (Å²) in [6.45, 7) is 2.28. The van der Waals surface area contributed by atoms with Gasteiger partial charge in [0.2, 0.25) is 5.75 Å². The second-order valence-electron chi connectivity index (χ2n) is 11.1. The Morgan fingerprint density at radius 2 is 1.18 bits per heavy atom. The normalized spacial score (nSPS) is 24.4. The van der Waals surface area contributed by atoms with Gasteiger partial charge in [-0.1, -0.05) is 64.0 Å². The van der Waals surface area contributed by atoms with Crippen LogP contribution in [-0.4, -0.2) is 6.36 Å². The molecule has 0 N–H and O–H groups in total. The van der Waals surface area contributed by atoms with Gasteiger partial charge in [0.25, 0.3) is 0 Å². The summed E-state index contributed by atoms with van der Waals surface area (Å²) < 4.78 is 102. The summed E-state index contributed by atoms with van der Waals surface area (Å²) in [5.41, 5.74) is -0.249. The quantitative estimate of drug-likeness (QED) is 0.284. The van der Waals surface area contributed by atoms with Crippen LogP contribution in [-0.2, 0) is 6.11 Å². The lowest BCUT2D eigenvalue weighted by Gasteiger charge is -2.32. The molecule has 0 unspecified atom stereocenters. The van der Waals surface area contributed by atoms with Crippen LogP contribution in [0.5, 0.6) is 11.5 Å². The van der Waals surface area contributed by atoms with Gasteiger partial charge in [-0.25, -0.2) is 8.78 Å². The van der Waals surface area contributed by atoms with E-state index >= 15 is 0 Å². The maximum Gasteiger partial charge on any atom is 0.573 e. The zero-order valence-corrected chi connectivity index (χ0v) is 22.0. The molecule has 0 atom stereocenters. The molecule has 216 valence electrons. The van der Waals surface area contributed by atoms with Gasteiger partial charge >= 0.3 is 12.5 Å². The highest BCUT2D eigenvalue weighted by Crippen LogP contribution is 2.41. The highest BCUT2D eigenvalue weighted by atomic mass is 19.4. The lowest BCUT2D eigenvalue weighted by molar-refractivity contribution is -0.276. The van der Waals surface area contributed by atoms with Gasteiger partial charge in [0.05, 0.1) is 5.56 Å². The van der Waals surface area contributed by atoms with E-state index in [1.165, 1.54) is 57.1 Å². The Labute approximate surface area is 224 Å². The highest BCUT2D eigenvalue weighted by molar-refractivity contribution is 5.35. The highest BCUT2D eigenvalue weighted by Gasteiger charge is 2.39. The van der Waals surface area contributed by atoms with Crippen molar-refractivity contribution in [3.63, 3.8) is 0 Å². The fourth-order valence-electron chi connectivity index (χ4n) is 6.14. The van der Waals surface area contributed by atoms with Gasteiger partial charge in [0.1, 0.15) is 5.75 Å². The Morgan fingerprint density at radius 3 is 1.67 bits per heavy atom. The van der Waals surface area contributed by atoms with E-state index in [4.69, 9.17) is 0 Å². The molecule has 2 nitrogen and oxygen atoms in total. The van der Waals surface area contributed by atoms with Crippen LogP contribution in [0.3, 0.4) is 0 Å². The lowest BCUT2D eigenvalue weighted by atomic mass is 9.74. The van der Waals surface area contributed by atoms with Crippen molar-refractivity contribution in [2.75, 3.05) is 0 Å². The van der Waals surface area contributed by atoms with E-state index in [1.54, 1.807) is 12.1 Å². The molecule has 2 aliphatic rings. The molecule has 9 heteroatoms. The molecule has 0 heterocycles. The van der Waals surface area contributed by atoms with Crippen LogP contribution in [0, 0.1) is 29.4 Å². The Balaban J connectivity index is 1.28. The molecule has 4 rings (SSSR count). The third kappa shape index (κ3) is 8.04. The van der Waals surface area contributed by atoms with E-state index in [0.717, 1.165) is 49.0 Å². The number of benzene rings is 2. The molecule has 0 aromatic heterocycles. The van der Waals surface area contributed by atoms with Crippen molar-refractivity contribution < 1.29 is 40.2 Å². The van der Waals surface area contributed by atoms with Crippen molar-refractivity contribution in [1.82, 2.24) is 0 Å². The summed E-state index contributed by atoms with van der Waals surface area (Å²) >= 11 is 0. The SMILES string of the molecule is CCC1CCC(CCC2CCC(c3ccc(OC(F)(F)c4cc(F)c(OC(F)(F)F)c(F)c4)cc3)CC2)CC1. The van der Waals surface area contributed by atoms with Crippen LogP contribution in [0.15, 0.2) is 36.4 Å². The molecule has 0 aliphatic heterocycles. The van der Waals surface area contributed by atoms with Gasteiger partial charge in [-0.05, 0) is 79.2 Å². The molecule has 2 aliphatic carbocycles. The number of hydrogen-bond donors (Lipinski definition) is 0. The molecule has 0 spiro atoms. The molecule has 2 saturated carbocycles.